The lowest BCUT2D eigenvalue weighted by Gasteiger charge is -2.19. The lowest BCUT2D eigenvalue weighted by atomic mass is 10.0. The van der Waals surface area contributed by atoms with Gasteiger partial charge in [0.05, 0.1) is 17.7 Å². The molecule has 0 radical (unpaired) electrons. The summed E-state index contributed by atoms with van der Waals surface area (Å²) in [5, 5.41) is 4.11. The minimum absolute atomic E-state index is 0.0369. The lowest BCUT2D eigenvalue weighted by Crippen LogP contribution is -2.20. The molecule has 0 aliphatic carbocycles. The highest BCUT2D eigenvalue weighted by atomic mass is 79.9. The normalized spacial score (nSPS) is 12.2. The van der Waals surface area contributed by atoms with Crippen molar-refractivity contribution in [2.75, 3.05) is 19.0 Å². The van der Waals surface area contributed by atoms with E-state index in [1.807, 2.05) is 30.3 Å². The Balaban J connectivity index is 2.19. The third-order valence-electron chi connectivity index (χ3n) is 3.16. The van der Waals surface area contributed by atoms with Crippen molar-refractivity contribution in [2.24, 2.45) is 5.73 Å². The number of nitrogens with one attached hydrogen (secondary N) is 1. The Bertz CT molecular complexity index is 607. The van der Waals surface area contributed by atoms with Gasteiger partial charge in [-0.3, -0.25) is 0 Å². The number of rotatable bonds is 6. The van der Waals surface area contributed by atoms with E-state index in [1.54, 1.807) is 7.11 Å². The summed E-state index contributed by atoms with van der Waals surface area (Å²) >= 11 is 9.44. The Hall–Kier alpha value is -1.07. The molecule has 0 aliphatic heterocycles. The van der Waals surface area contributed by atoms with Crippen molar-refractivity contribution in [3.8, 4) is 0 Å². The Morgan fingerprint density at radius 1 is 1.29 bits per heavy atom. The van der Waals surface area contributed by atoms with E-state index in [2.05, 4.69) is 33.4 Å². The minimum Gasteiger partial charge on any atom is -0.380 e. The van der Waals surface area contributed by atoms with Gasteiger partial charge in [0.25, 0.3) is 0 Å². The number of benzene rings is 2. The quantitative estimate of drug-likeness (QED) is 0.795. The molecule has 0 spiro atoms. The second-order valence-corrected chi connectivity index (χ2v) is 6.00. The molecule has 0 heterocycles. The van der Waals surface area contributed by atoms with E-state index in [0.29, 0.717) is 18.2 Å². The molecular weight excluding hydrogens is 352 g/mol. The predicted molar refractivity (Wildman–Crippen MR) is 91.7 cm³/mol. The molecule has 3 N–H and O–H groups in total. The Kier molecular flexibility index (Phi) is 6.06. The second-order valence-electron chi connectivity index (χ2n) is 4.74. The summed E-state index contributed by atoms with van der Waals surface area (Å²) in [6.45, 7) is 1.09. The fraction of sp³-hybridized carbons (Fsp3) is 0.250. The number of hydrogen-bond donors (Lipinski definition) is 2. The lowest BCUT2D eigenvalue weighted by molar-refractivity contribution is 0.185. The number of ether oxygens (including phenoxy) is 1. The van der Waals surface area contributed by atoms with E-state index in [9.17, 15) is 0 Å². The smallest absolute Gasteiger partial charge is 0.0713 e. The van der Waals surface area contributed by atoms with Crippen LogP contribution in [-0.4, -0.2) is 13.7 Å². The van der Waals surface area contributed by atoms with Crippen LogP contribution in [0.3, 0.4) is 0 Å². The maximum atomic E-state index is 6.01. The van der Waals surface area contributed by atoms with Gasteiger partial charge in [-0.05, 0) is 45.3 Å². The third kappa shape index (κ3) is 4.45. The van der Waals surface area contributed by atoms with Crippen molar-refractivity contribution >= 4 is 33.2 Å². The maximum Gasteiger partial charge on any atom is 0.0713 e. The second kappa shape index (κ2) is 7.80. The molecular formula is C16H18BrClN2O. The zero-order valence-electron chi connectivity index (χ0n) is 11.8. The van der Waals surface area contributed by atoms with Gasteiger partial charge in [0.2, 0.25) is 0 Å². The number of anilines is 1. The average Bonchev–Trinajstić information content (AvgIpc) is 2.49. The molecule has 0 amide bonds. The number of nitrogens with two attached hydrogens (primary N) is 1. The summed E-state index contributed by atoms with van der Waals surface area (Å²) in [5.74, 6) is 0. The average molecular weight is 370 g/mol. The molecule has 0 saturated carbocycles. The molecule has 5 heteroatoms. The van der Waals surface area contributed by atoms with Crippen molar-refractivity contribution in [1.82, 2.24) is 0 Å². The first-order valence-electron chi connectivity index (χ1n) is 6.63. The molecule has 2 rings (SSSR count). The topological polar surface area (TPSA) is 47.3 Å². The van der Waals surface area contributed by atoms with Crippen molar-refractivity contribution in [3.63, 3.8) is 0 Å². The van der Waals surface area contributed by atoms with Crippen LogP contribution in [0.2, 0.25) is 5.02 Å². The van der Waals surface area contributed by atoms with Gasteiger partial charge in [-0.1, -0.05) is 35.9 Å². The number of methoxy groups -OCH3 is 1. The SMILES string of the molecule is COCc1cccc(C(CN)Nc2ccc(Cl)c(Br)c2)c1. The van der Waals surface area contributed by atoms with Crippen LogP contribution in [0, 0.1) is 0 Å². The van der Waals surface area contributed by atoms with Crippen molar-refractivity contribution in [2.45, 2.75) is 12.6 Å². The van der Waals surface area contributed by atoms with Crippen LogP contribution in [0.5, 0.6) is 0 Å². The number of halogens is 2. The van der Waals surface area contributed by atoms with Crippen LogP contribution < -0.4 is 11.1 Å². The zero-order valence-corrected chi connectivity index (χ0v) is 14.1. The summed E-state index contributed by atoms with van der Waals surface area (Å²) in [6, 6.07) is 14.0. The first-order valence-corrected chi connectivity index (χ1v) is 7.80. The fourth-order valence-electron chi connectivity index (χ4n) is 2.13. The zero-order chi connectivity index (χ0) is 15.2. The summed E-state index contributed by atoms with van der Waals surface area (Å²) < 4.78 is 6.03. The molecule has 1 unspecified atom stereocenters. The predicted octanol–water partition coefficient (Wildman–Crippen LogP) is 4.36. The summed E-state index contributed by atoms with van der Waals surface area (Å²) in [7, 11) is 1.69. The van der Waals surface area contributed by atoms with Crippen molar-refractivity contribution < 1.29 is 4.74 Å². The van der Waals surface area contributed by atoms with Crippen LogP contribution >= 0.6 is 27.5 Å². The fourth-order valence-corrected chi connectivity index (χ4v) is 2.63. The molecule has 3 nitrogen and oxygen atoms in total. The van der Waals surface area contributed by atoms with Crippen LogP contribution in [0.15, 0.2) is 46.9 Å². The van der Waals surface area contributed by atoms with Crippen LogP contribution in [0.1, 0.15) is 17.2 Å². The van der Waals surface area contributed by atoms with Gasteiger partial charge in [-0.2, -0.15) is 0 Å². The summed E-state index contributed by atoms with van der Waals surface area (Å²) in [5.41, 5.74) is 9.15. The van der Waals surface area contributed by atoms with E-state index in [4.69, 9.17) is 22.1 Å². The maximum absolute atomic E-state index is 6.01. The van der Waals surface area contributed by atoms with E-state index >= 15 is 0 Å². The van der Waals surface area contributed by atoms with E-state index in [1.165, 1.54) is 0 Å². The summed E-state index contributed by atoms with van der Waals surface area (Å²) in [4.78, 5) is 0. The Labute approximate surface area is 138 Å². The van der Waals surface area contributed by atoms with E-state index < -0.39 is 0 Å². The molecule has 0 fully saturated rings. The molecule has 2 aromatic carbocycles. The highest BCUT2D eigenvalue weighted by Crippen LogP contribution is 2.28. The van der Waals surface area contributed by atoms with Crippen LogP contribution in [0.4, 0.5) is 5.69 Å². The molecule has 0 aromatic heterocycles. The summed E-state index contributed by atoms with van der Waals surface area (Å²) in [6.07, 6.45) is 0. The first-order chi connectivity index (χ1) is 10.1. The van der Waals surface area contributed by atoms with Crippen LogP contribution in [0.25, 0.3) is 0 Å². The van der Waals surface area contributed by atoms with E-state index in [0.717, 1.165) is 21.3 Å². The first kappa shape index (κ1) is 16.3. The van der Waals surface area contributed by atoms with Crippen LogP contribution in [-0.2, 0) is 11.3 Å². The standard InChI is InChI=1S/C16H18BrClN2O/c1-21-10-11-3-2-4-12(7-11)16(9-19)20-13-5-6-15(18)14(17)8-13/h2-8,16,20H,9-10,19H2,1H3. The molecule has 0 aliphatic rings. The highest BCUT2D eigenvalue weighted by molar-refractivity contribution is 9.10. The molecule has 0 saturated heterocycles. The minimum atomic E-state index is 0.0369. The molecule has 112 valence electrons. The van der Waals surface area contributed by atoms with Gasteiger partial charge < -0.3 is 15.8 Å². The Morgan fingerprint density at radius 3 is 2.76 bits per heavy atom. The van der Waals surface area contributed by atoms with Gasteiger partial charge in [-0.25, -0.2) is 0 Å². The molecule has 1 atom stereocenters. The van der Waals surface area contributed by atoms with Crippen molar-refractivity contribution in [1.29, 1.82) is 0 Å². The van der Waals surface area contributed by atoms with E-state index in [-0.39, 0.29) is 6.04 Å². The van der Waals surface area contributed by atoms with Crippen molar-refractivity contribution in [3.05, 3.63) is 63.1 Å². The highest BCUT2D eigenvalue weighted by Gasteiger charge is 2.11. The van der Waals surface area contributed by atoms with Gasteiger partial charge in [0.1, 0.15) is 0 Å². The molecule has 2 aromatic rings. The monoisotopic (exact) mass is 368 g/mol. The molecule has 21 heavy (non-hydrogen) atoms. The largest absolute Gasteiger partial charge is 0.380 e. The Morgan fingerprint density at radius 2 is 2.10 bits per heavy atom. The van der Waals surface area contributed by atoms with Gasteiger partial charge >= 0.3 is 0 Å². The van der Waals surface area contributed by atoms with Gasteiger partial charge in [-0.15, -0.1) is 0 Å². The molecule has 0 bridgehead atoms. The number of hydrogen-bond acceptors (Lipinski definition) is 3. The third-order valence-corrected chi connectivity index (χ3v) is 4.37. The van der Waals surface area contributed by atoms with Gasteiger partial charge in [0, 0.05) is 23.8 Å². The van der Waals surface area contributed by atoms with Gasteiger partial charge in [0.15, 0.2) is 0 Å².